The van der Waals surface area contributed by atoms with Crippen LogP contribution in [0.3, 0.4) is 0 Å². The zero-order valence-corrected chi connectivity index (χ0v) is 19.2. The fourth-order valence-electron chi connectivity index (χ4n) is 3.80. The lowest BCUT2D eigenvalue weighted by Crippen LogP contribution is -2.41. The van der Waals surface area contributed by atoms with Gasteiger partial charge in [0.15, 0.2) is 0 Å². The van der Waals surface area contributed by atoms with E-state index in [1.54, 1.807) is 0 Å². The molecule has 3 amide bonds. The molecular formula is C24H24N2O3S2. The first-order valence-corrected chi connectivity index (χ1v) is 11.2. The maximum Gasteiger partial charge on any atom is 0.231 e. The Bertz CT molecular complexity index is 1010. The zero-order valence-electron chi connectivity index (χ0n) is 17.6. The van der Waals surface area contributed by atoms with Crippen molar-refractivity contribution in [2.45, 2.75) is 31.9 Å². The summed E-state index contributed by atoms with van der Waals surface area (Å²) in [7, 11) is 0. The topological polar surface area (TPSA) is 66.5 Å². The number of nitrogens with zero attached hydrogens (tertiary/aromatic N) is 1. The number of thiocarbonyl (C=S) groups is 1. The molecule has 0 saturated carbocycles. The van der Waals surface area contributed by atoms with Crippen LogP contribution in [0.1, 0.15) is 43.1 Å². The SMILES string of the molecule is CC(=O)NC(=S)[C@@H]1[C@H](c2ccccc2)C=C(N(C(C)=O)C(C)=O)S[C@H]1c1ccccc1. The van der Waals surface area contributed by atoms with E-state index in [1.165, 1.54) is 37.4 Å². The van der Waals surface area contributed by atoms with Crippen LogP contribution in [-0.2, 0) is 14.4 Å². The summed E-state index contributed by atoms with van der Waals surface area (Å²) >= 11 is 7.11. The van der Waals surface area contributed by atoms with E-state index < -0.39 is 0 Å². The Hall–Kier alpha value is -2.77. The monoisotopic (exact) mass is 452 g/mol. The van der Waals surface area contributed by atoms with Gasteiger partial charge >= 0.3 is 0 Å². The van der Waals surface area contributed by atoms with Gasteiger partial charge in [0, 0.05) is 37.9 Å². The number of carbonyl (C=O) groups is 3. The second-order valence-electron chi connectivity index (χ2n) is 7.34. The molecule has 0 aromatic heterocycles. The number of nitrogens with one attached hydrogen (secondary N) is 1. The van der Waals surface area contributed by atoms with Crippen molar-refractivity contribution in [2.75, 3.05) is 0 Å². The molecule has 0 saturated heterocycles. The fraction of sp³-hybridized carbons (Fsp3) is 0.250. The minimum Gasteiger partial charge on any atom is -0.320 e. The summed E-state index contributed by atoms with van der Waals surface area (Å²) in [5, 5.41) is 3.18. The van der Waals surface area contributed by atoms with E-state index in [1.807, 2.05) is 66.7 Å². The number of benzene rings is 2. The third-order valence-electron chi connectivity index (χ3n) is 5.05. The standard InChI is InChI=1S/C24H24N2O3S2/c1-15(27)25-24(30)22-20(18-10-6-4-7-11-18)14-21(26(16(2)28)17(3)29)31-23(22)19-12-8-5-9-13-19/h4-14,20,22-23H,1-3H3,(H,25,27,30)/t20-,22+,23-/m0/s1. The lowest BCUT2D eigenvalue weighted by molar-refractivity contribution is -0.139. The van der Waals surface area contributed by atoms with Crippen LogP contribution in [0.25, 0.3) is 0 Å². The predicted octanol–water partition coefficient (Wildman–Crippen LogP) is 4.57. The normalized spacial score (nSPS) is 20.4. The number of hydrogen-bond donors (Lipinski definition) is 1. The van der Waals surface area contributed by atoms with Gasteiger partial charge in [0.1, 0.15) is 0 Å². The fourth-order valence-corrected chi connectivity index (χ4v) is 5.91. The third-order valence-corrected chi connectivity index (χ3v) is 6.80. The van der Waals surface area contributed by atoms with Gasteiger partial charge in [-0.3, -0.25) is 14.4 Å². The van der Waals surface area contributed by atoms with Crippen LogP contribution >= 0.6 is 24.0 Å². The van der Waals surface area contributed by atoms with Gasteiger partial charge < -0.3 is 5.32 Å². The molecule has 0 spiro atoms. The zero-order chi connectivity index (χ0) is 22.5. The number of allylic oxidation sites excluding steroid dienone is 1. The Morgan fingerprint density at radius 1 is 0.871 bits per heavy atom. The third kappa shape index (κ3) is 5.29. The van der Waals surface area contributed by atoms with E-state index in [-0.39, 0.29) is 34.8 Å². The van der Waals surface area contributed by atoms with Crippen molar-refractivity contribution in [3.8, 4) is 0 Å². The summed E-state index contributed by atoms with van der Waals surface area (Å²) in [5.74, 6) is -1.39. The lowest BCUT2D eigenvalue weighted by atomic mass is 9.81. The van der Waals surface area contributed by atoms with E-state index in [0.29, 0.717) is 10.0 Å². The molecule has 0 aliphatic carbocycles. The first-order chi connectivity index (χ1) is 14.8. The van der Waals surface area contributed by atoms with E-state index in [9.17, 15) is 14.4 Å². The largest absolute Gasteiger partial charge is 0.320 e. The molecule has 1 aliphatic heterocycles. The van der Waals surface area contributed by atoms with E-state index in [2.05, 4.69) is 5.32 Å². The maximum atomic E-state index is 12.3. The van der Waals surface area contributed by atoms with Gasteiger partial charge in [-0.05, 0) is 17.2 Å². The molecule has 1 heterocycles. The number of hydrogen-bond acceptors (Lipinski definition) is 5. The van der Waals surface area contributed by atoms with Crippen LogP contribution in [-0.4, -0.2) is 27.6 Å². The average molecular weight is 453 g/mol. The van der Waals surface area contributed by atoms with Crippen molar-refractivity contribution < 1.29 is 14.4 Å². The molecule has 1 N–H and O–H groups in total. The first-order valence-electron chi connectivity index (χ1n) is 9.90. The Morgan fingerprint density at radius 2 is 1.39 bits per heavy atom. The van der Waals surface area contributed by atoms with Gasteiger partial charge in [-0.15, -0.1) is 0 Å². The van der Waals surface area contributed by atoms with Gasteiger partial charge in [0.05, 0.1) is 10.0 Å². The second-order valence-corrected chi connectivity index (χ2v) is 8.94. The molecule has 31 heavy (non-hydrogen) atoms. The number of imide groups is 1. The summed E-state index contributed by atoms with van der Waals surface area (Å²) in [6.07, 6.45) is 1.92. The lowest BCUT2D eigenvalue weighted by Gasteiger charge is -2.39. The van der Waals surface area contributed by atoms with Crippen LogP contribution in [0, 0.1) is 5.92 Å². The molecule has 1 aliphatic rings. The van der Waals surface area contributed by atoms with Gasteiger partial charge in [0.2, 0.25) is 17.7 Å². The summed E-state index contributed by atoms with van der Waals surface area (Å²) in [5.41, 5.74) is 2.00. The van der Waals surface area contributed by atoms with Crippen molar-refractivity contribution in [1.29, 1.82) is 0 Å². The molecule has 0 fully saturated rings. The molecule has 2 aromatic carbocycles. The highest BCUT2D eigenvalue weighted by atomic mass is 32.2. The van der Waals surface area contributed by atoms with Crippen LogP contribution in [0.4, 0.5) is 0 Å². The highest BCUT2D eigenvalue weighted by Gasteiger charge is 2.41. The summed E-state index contributed by atoms with van der Waals surface area (Å²) < 4.78 is 0. The number of rotatable bonds is 4. The van der Waals surface area contributed by atoms with Crippen LogP contribution in [0.2, 0.25) is 0 Å². The van der Waals surface area contributed by atoms with Crippen molar-refractivity contribution >= 4 is 46.7 Å². The van der Waals surface area contributed by atoms with E-state index in [0.717, 1.165) is 11.1 Å². The molecule has 0 radical (unpaired) electrons. The summed E-state index contributed by atoms with van der Waals surface area (Å²) in [6.45, 7) is 4.20. The van der Waals surface area contributed by atoms with Crippen molar-refractivity contribution in [1.82, 2.24) is 10.2 Å². The minimum absolute atomic E-state index is 0.202. The van der Waals surface area contributed by atoms with Gasteiger partial charge in [-0.25, -0.2) is 4.90 Å². The quantitative estimate of drug-likeness (QED) is 0.688. The predicted molar refractivity (Wildman–Crippen MR) is 127 cm³/mol. The van der Waals surface area contributed by atoms with Crippen molar-refractivity contribution in [3.05, 3.63) is 82.9 Å². The Labute approximate surface area is 191 Å². The molecular weight excluding hydrogens is 428 g/mol. The summed E-state index contributed by atoms with van der Waals surface area (Å²) in [4.78, 5) is 38.1. The summed E-state index contributed by atoms with van der Waals surface area (Å²) in [6, 6.07) is 19.6. The highest BCUT2D eigenvalue weighted by molar-refractivity contribution is 8.03. The highest BCUT2D eigenvalue weighted by Crippen LogP contribution is 2.52. The number of thioether (sulfide) groups is 1. The molecule has 0 unspecified atom stereocenters. The first kappa shape index (κ1) is 22.9. The van der Waals surface area contributed by atoms with E-state index >= 15 is 0 Å². The number of carbonyl (C=O) groups excluding carboxylic acids is 3. The Kier molecular flexibility index (Phi) is 7.41. The van der Waals surface area contributed by atoms with Crippen LogP contribution in [0.15, 0.2) is 71.8 Å². The molecule has 0 bridgehead atoms. The van der Waals surface area contributed by atoms with Crippen LogP contribution in [0.5, 0.6) is 0 Å². The number of amides is 3. The van der Waals surface area contributed by atoms with Gasteiger partial charge in [-0.2, -0.15) is 0 Å². The Morgan fingerprint density at radius 3 is 1.87 bits per heavy atom. The molecule has 7 heteroatoms. The van der Waals surface area contributed by atoms with Gasteiger partial charge in [0.25, 0.3) is 0 Å². The minimum atomic E-state index is -0.340. The average Bonchev–Trinajstić information content (AvgIpc) is 2.73. The molecule has 5 nitrogen and oxygen atoms in total. The van der Waals surface area contributed by atoms with Crippen molar-refractivity contribution in [3.63, 3.8) is 0 Å². The maximum absolute atomic E-state index is 12.3. The molecule has 3 rings (SSSR count). The van der Waals surface area contributed by atoms with E-state index in [4.69, 9.17) is 12.2 Å². The molecule has 2 aromatic rings. The second kappa shape index (κ2) is 10.0. The van der Waals surface area contributed by atoms with Crippen LogP contribution < -0.4 is 5.32 Å². The Balaban J connectivity index is 2.20. The van der Waals surface area contributed by atoms with Gasteiger partial charge in [-0.1, -0.05) is 84.6 Å². The smallest absolute Gasteiger partial charge is 0.231 e. The van der Waals surface area contributed by atoms with Crippen molar-refractivity contribution in [2.24, 2.45) is 5.92 Å². The molecule has 160 valence electrons. The molecule has 3 atom stereocenters.